The largest absolute Gasteiger partial charge is 0.354 e. The highest BCUT2D eigenvalue weighted by Gasteiger charge is 2.50. The minimum absolute atomic E-state index is 0.0832. The van der Waals surface area contributed by atoms with Gasteiger partial charge < -0.3 is 4.52 Å². The van der Waals surface area contributed by atoms with E-state index in [-0.39, 0.29) is 5.41 Å². The van der Waals surface area contributed by atoms with Gasteiger partial charge in [0.1, 0.15) is 5.25 Å². The number of rotatable bonds is 4. The third-order valence-electron chi connectivity index (χ3n) is 5.93. The van der Waals surface area contributed by atoms with Crippen LogP contribution in [0.3, 0.4) is 0 Å². The first-order chi connectivity index (χ1) is 13.4. The molecule has 1 heterocycles. The summed E-state index contributed by atoms with van der Waals surface area (Å²) in [6.07, 6.45) is 2.94. The molecule has 0 aliphatic heterocycles. The number of benzene rings is 2. The average Bonchev–Trinajstić information content (AvgIpc) is 3.35. The second-order valence-corrected chi connectivity index (χ2v) is 10.6. The number of hydrogen-bond acceptors (Lipinski definition) is 4. The van der Waals surface area contributed by atoms with Crippen LogP contribution in [-0.2, 0) is 21.9 Å². The number of anilines is 1. The molecule has 144 valence electrons. The zero-order valence-electron chi connectivity index (χ0n) is 15.3. The standard InChI is InChI=1S/C21H19BrN2O3S/c1-13(14-5-3-2-4-6-14)28(25,26)24-20-17-12-21(9-10-21)18-8-7-15(22)11-16(18)19(17)27-23-20/h2-8,11,13H,9-10,12H2,1H3,(H,23,24)/t13-/m0/s1. The van der Waals surface area contributed by atoms with Crippen LogP contribution in [0.1, 0.15) is 41.7 Å². The molecule has 28 heavy (non-hydrogen) atoms. The lowest BCUT2D eigenvalue weighted by Gasteiger charge is -2.24. The molecule has 2 aliphatic carbocycles. The first kappa shape index (κ1) is 17.9. The van der Waals surface area contributed by atoms with Crippen molar-refractivity contribution in [1.29, 1.82) is 0 Å². The maximum atomic E-state index is 13.0. The van der Waals surface area contributed by atoms with Crippen LogP contribution in [0.25, 0.3) is 11.3 Å². The Kier molecular flexibility index (Phi) is 3.97. The van der Waals surface area contributed by atoms with Crippen molar-refractivity contribution in [2.24, 2.45) is 0 Å². The summed E-state index contributed by atoms with van der Waals surface area (Å²) >= 11 is 3.53. The SMILES string of the molecule is C[C@@H](c1ccccc1)S(=O)(=O)Nc1noc2c1CC1(CC1)c1ccc(Br)cc1-2. The molecule has 0 bridgehead atoms. The second kappa shape index (κ2) is 6.19. The second-order valence-electron chi connectivity index (χ2n) is 7.69. The quantitative estimate of drug-likeness (QED) is 0.583. The van der Waals surface area contributed by atoms with E-state index in [0.29, 0.717) is 11.6 Å². The van der Waals surface area contributed by atoms with Crippen LogP contribution in [0.15, 0.2) is 57.5 Å². The topological polar surface area (TPSA) is 72.2 Å². The van der Waals surface area contributed by atoms with Gasteiger partial charge in [-0.15, -0.1) is 0 Å². The van der Waals surface area contributed by atoms with E-state index >= 15 is 0 Å². The molecule has 5 rings (SSSR count). The normalized spacial score (nSPS) is 17.6. The molecule has 1 spiro atoms. The van der Waals surface area contributed by atoms with E-state index in [9.17, 15) is 8.42 Å². The van der Waals surface area contributed by atoms with Crippen LogP contribution in [0.5, 0.6) is 0 Å². The summed E-state index contributed by atoms with van der Waals surface area (Å²) < 4.78 is 35.2. The minimum Gasteiger partial charge on any atom is -0.354 e. The number of nitrogens with zero attached hydrogens (tertiary/aromatic N) is 1. The predicted molar refractivity (Wildman–Crippen MR) is 112 cm³/mol. The first-order valence-corrected chi connectivity index (χ1v) is 11.6. The first-order valence-electron chi connectivity index (χ1n) is 9.25. The van der Waals surface area contributed by atoms with Crippen molar-refractivity contribution in [2.75, 3.05) is 4.72 Å². The summed E-state index contributed by atoms with van der Waals surface area (Å²) in [5, 5.41) is 3.41. The fraction of sp³-hybridized carbons (Fsp3) is 0.286. The molecule has 0 saturated heterocycles. The van der Waals surface area contributed by atoms with Gasteiger partial charge in [-0.25, -0.2) is 8.42 Å². The predicted octanol–water partition coefficient (Wildman–Crippen LogP) is 5.19. The van der Waals surface area contributed by atoms with Gasteiger partial charge in [0.15, 0.2) is 11.6 Å². The van der Waals surface area contributed by atoms with Gasteiger partial charge in [0.25, 0.3) is 0 Å². The molecule has 3 aromatic rings. The summed E-state index contributed by atoms with van der Waals surface area (Å²) in [4.78, 5) is 0. The highest BCUT2D eigenvalue weighted by atomic mass is 79.9. The van der Waals surface area contributed by atoms with Crippen molar-refractivity contribution >= 4 is 31.8 Å². The maximum absolute atomic E-state index is 13.0. The molecule has 7 heteroatoms. The average molecular weight is 459 g/mol. The van der Waals surface area contributed by atoms with Gasteiger partial charge in [-0.1, -0.05) is 57.5 Å². The van der Waals surface area contributed by atoms with Crippen LogP contribution in [-0.4, -0.2) is 13.6 Å². The monoisotopic (exact) mass is 458 g/mol. The Morgan fingerprint density at radius 3 is 2.64 bits per heavy atom. The highest BCUT2D eigenvalue weighted by Crippen LogP contribution is 2.58. The Balaban J connectivity index is 1.53. The molecular weight excluding hydrogens is 440 g/mol. The van der Waals surface area contributed by atoms with E-state index in [1.807, 2.05) is 42.5 Å². The minimum atomic E-state index is -3.65. The van der Waals surface area contributed by atoms with Crippen LogP contribution in [0.2, 0.25) is 0 Å². The summed E-state index contributed by atoms with van der Waals surface area (Å²) in [7, 11) is -3.65. The highest BCUT2D eigenvalue weighted by molar-refractivity contribution is 9.10. The number of fused-ring (bicyclic) bond motifs is 4. The van der Waals surface area contributed by atoms with Crippen molar-refractivity contribution < 1.29 is 12.9 Å². The molecule has 1 atom stereocenters. The lowest BCUT2D eigenvalue weighted by atomic mass is 9.79. The lowest BCUT2D eigenvalue weighted by molar-refractivity contribution is 0.431. The lowest BCUT2D eigenvalue weighted by Crippen LogP contribution is -2.22. The molecule has 5 nitrogen and oxygen atoms in total. The Bertz CT molecular complexity index is 1170. The van der Waals surface area contributed by atoms with Crippen molar-refractivity contribution in [3.05, 3.63) is 69.7 Å². The number of hydrogen-bond donors (Lipinski definition) is 1. The van der Waals surface area contributed by atoms with Crippen molar-refractivity contribution in [3.63, 3.8) is 0 Å². The Morgan fingerprint density at radius 1 is 1.18 bits per heavy atom. The summed E-state index contributed by atoms with van der Waals surface area (Å²) in [6.45, 7) is 1.68. The third kappa shape index (κ3) is 2.79. The van der Waals surface area contributed by atoms with Gasteiger partial charge in [-0.2, -0.15) is 0 Å². The number of sulfonamides is 1. The van der Waals surface area contributed by atoms with E-state index in [2.05, 4.69) is 31.9 Å². The summed E-state index contributed by atoms with van der Waals surface area (Å²) in [6, 6.07) is 15.4. The van der Waals surface area contributed by atoms with Crippen LogP contribution < -0.4 is 4.72 Å². The molecule has 0 radical (unpaired) electrons. The van der Waals surface area contributed by atoms with Crippen LogP contribution in [0, 0.1) is 0 Å². The van der Waals surface area contributed by atoms with Crippen molar-refractivity contribution in [1.82, 2.24) is 5.16 Å². The Hall–Kier alpha value is -2.12. The Morgan fingerprint density at radius 2 is 1.93 bits per heavy atom. The fourth-order valence-electron chi connectivity index (χ4n) is 4.09. The van der Waals surface area contributed by atoms with E-state index < -0.39 is 15.3 Å². The van der Waals surface area contributed by atoms with E-state index in [1.54, 1.807) is 6.92 Å². The van der Waals surface area contributed by atoms with Gasteiger partial charge in [-0.05, 0) is 49.4 Å². The van der Waals surface area contributed by atoms with Gasteiger partial charge in [0.2, 0.25) is 10.0 Å². The van der Waals surface area contributed by atoms with Crippen LogP contribution >= 0.6 is 15.9 Å². The van der Waals surface area contributed by atoms with Gasteiger partial charge in [0, 0.05) is 21.0 Å². The zero-order chi connectivity index (χ0) is 19.5. The number of nitrogens with one attached hydrogen (secondary N) is 1. The van der Waals surface area contributed by atoms with Crippen molar-refractivity contribution in [3.8, 4) is 11.3 Å². The van der Waals surface area contributed by atoms with E-state index in [0.717, 1.165) is 40.4 Å². The molecule has 1 N–H and O–H groups in total. The molecule has 1 saturated carbocycles. The molecule has 0 amide bonds. The summed E-state index contributed by atoms with van der Waals surface area (Å²) in [5.41, 5.74) is 3.95. The van der Waals surface area contributed by atoms with Crippen LogP contribution in [0.4, 0.5) is 5.82 Å². The Labute approximate surface area is 172 Å². The number of aromatic nitrogens is 1. The van der Waals surface area contributed by atoms with Gasteiger partial charge in [0.05, 0.1) is 0 Å². The van der Waals surface area contributed by atoms with Gasteiger partial charge in [-0.3, -0.25) is 4.72 Å². The molecule has 0 unspecified atom stereocenters. The van der Waals surface area contributed by atoms with E-state index in [4.69, 9.17) is 4.52 Å². The third-order valence-corrected chi connectivity index (χ3v) is 8.10. The maximum Gasteiger partial charge on any atom is 0.240 e. The smallest absolute Gasteiger partial charge is 0.240 e. The van der Waals surface area contributed by atoms with E-state index in [1.165, 1.54) is 5.56 Å². The number of halogens is 1. The van der Waals surface area contributed by atoms with Crippen molar-refractivity contribution in [2.45, 2.75) is 36.9 Å². The zero-order valence-corrected chi connectivity index (χ0v) is 17.7. The molecule has 1 aromatic heterocycles. The fourth-order valence-corrected chi connectivity index (χ4v) is 5.57. The molecule has 2 aliphatic rings. The molecule has 2 aromatic carbocycles. The summed E-state index contributed by atoms with van der Waals surface area (Å²) in [5.74, 6) is 0.980. The molecular formula is C21H19BrN2O3S. The molecule has 1 fully saturated rings. The van der Waals surface area contributed by atoms with Gasteiger partial charge >= 0.3 is 0 Å².